The maximum Gasteiger partial charge on any atom is 0.250 e. The molecule has 3 nitrogen and oxygen atoms in total. The van der Waals surface area contributed by atoms with Gasteiger partial charge in [-0.05, 0) is 35.8 Å². The maximum atomic E-state index is 10.3. The smallest absolute Gasteiger partial charge is 0.250 e. The number of aliphatic hydroxyl groups is 1. The summed E-state index contributed by atoms with van der Waals surface area (Å²) < 4.78 is 11.9. The Hall–Kier alpha value is -1.05. The minimum Gasteiger partial charge on any atom is -0.541 e. The third kappa shape index (κ3) is 7.00. The molecule has 0 aromatic heterocycles. The Morgan fingerprint density at radius 2 is 1.68 bits per heavy atom. The zero-order valence-electron chi connectivity index (χ0n) is 17.4. The molecule has 0 saturated heterocycles. The first-order valence-electron chi connectivity index (χ1n) is 8.98. The quantitative estimate of drug-likeness (QED) is 0.642. The first-order valence-corrected chi connectivity index (χ1v) is 15.5. The monoisotopic (exact) mass is 380 g/mol. The minimum absolute atomic E-state index is 0.133. The highest BCUT2D eigenvalue weighted by Gasteiger charge is 2.39. The topological polar surface area (TPSA) is 38.7 Å². The van der Waals surface area contributed by atoms with Gasteiger partial charge in [0.2, 0.25) is 0 Å². The first-order chi connectivity index (χ1) is 11.2. The van der Waals surface area contributed by atoms with E-state index < -0.39 is 22.5 Å². The molecule has 1 rings (SSSR count). The van der Waals surface area contributed by atoms with Gasteiger partial charge in [-0.2, -0.15) is 0 Å². The maximum absolute atomic E-state index is 10.3. The summed E-state index contributed by atoms with van der Waals surface area (Å²) in [6, 6.07) is 5.98. The Morgan fingerprint density at radius 3 is 2.16 bits per heavy atom. The van der Waals surface area contributed by atoms with E-state index >= 15 is 0 Å². The second kappa shape index (κ2) is 8.10. The second-order valence-corrected chi connectivity index (χ2v) is 19.1. The van der Waals surface area contributed by atoms with Crippen LogP contribution in [0.2, 0.25) is 37.8 Å². The summed E-state index contributed by atoms with van der Waals surface area (Å²) in [6.07, 6.45) is 2.04. The molecule has 5 heteroatoms. The van der Waals surface area contributed by atoms with Crippen LogP contribution in [0.3, 0.4) is 0 Å². The van der Waals surface area contributed by atoms with Crippen molar-refractivity contribution >= 4 is 16.4 Å². The van der Waals surface area contributed by atoms with Gasteiger partial charge in [0.1, 0.15) is 5.75 Å². The van der Waals surface area contributed by atoms with E-state index in [9.17, 15) is 5.11 Å². The molecular weight excluding hydrogens is 344 g/mol. The predicted molar refractivity (Wildman–Crippen MR) is 113 cm³/mol. The van der Waals surface area contributed by atoms with E-state index in [-0.39, 0.29) is 5.04 Å². The van der Waals surface area contributed by atoms with Gasteiger partial charge in [-0.25, -0.2) is 0 Å². The largest absolute Gasteiger partial charge is 0.541 e. The Morgan fingerprint density at radius 1 is 1.08 bits per heavy atom. The highest BCUT2D eigenvalue weighted by molar-refractivity contribution is 6.81. The van der Waals surface area contributed by atoms with E-state index in [1.807, 2.05) is 24.3 Å². The third-order valence-corrected chi connectivity index (χ3v) is 10.2. The van der Waals surface area contributed by atoms with Crippen LogP contribution < -0.4 is 9.16 Å². The van der Waals surface area contributed by atoms with Crippen molar-refractivity contribution in [2.45, 2.75) is 71.1 Å². The zero-order valence-corrected chi connectivity index (χ0v) is 19.4. The Labute approximate surface area is 156 Å². The molecule has 0 aliphatic rings. The van der Waals surface area contributed by atoms with Crippen molar-refractivity contribution in [1.82, 2.24) is 0 Å². The fraction of sp³-hybridized carbons (Fsp3) is 0.600. The number of rotatable bonds is 7. The SMILES string of the molecule is COc1cc(C[C@H](O)/C=C/[Si](C)(C)C)ccc1O[Si](C)(C)C(C)(C)C. The summed E-state index contributed by atoms with van der Waals surface area (Å²) in [4.78, 5) is 0. The molecule has 0 saturated carbocycles. The Bertz CT molecular complexity index is 596. The molecule has 0 amide bonds. The van der Waals surface area contributed by atoms with Crippen LogP contribution in [-0.2, 0) is 6.42 Å². The Kier molecular flexibility index (Phi) is 7.13. The van der Waals surface area contributed by atoms with Crippen LogP contribution in [0, 0.1) is 0 Å². The van der Waals surface area contributed by atoms with E-state index in [2.05, 4.69) is 59.2 Å². The predicted octanol–water partition coefficient (Wildman–Crippen LogP) is 5.42. The van der Waals surface area contributed by atoms with Crippen LogP contribution >= 0.6 is 0 Å². The highest BCUT2D eigenvalue weighted by Crippen LogP contribution is 2.40. The van der Waals surface area contributed by atoms with Crippen LogP contribution in [-0.4, -0.2) is 34.7 Å². The highest BCUT2D eigenvalue weighted by atomic mass is 28.4. The number of aliphatic hydroxyl groups excluding tert-OH is 1. The van der Waals surface area contributed by atoms with Crippen LogP contribution in [0.15, 0.2) is 30.0 Å². The van der Waals surface area contributed by atoms with E-state index in [1.165, 1.54) is 0 Å². The van der Waals surface area contributed by atoms with Crippen molar-refractivity contribution in [3.63, 3.8) is 0 Å². The summed E-state index contributed by atoms with van der Waals surface area (Å²) in [5.74, 6) is 1.54. The van der Waals surface area contributed by atoms with Crippen molar-refractivity contribution in [2.75, 3.05) is 7.11 Å². The van der Waals surface area contributed by atoms with E-state index in [4.69, 9.17) is 9.16 Å². The molecular formula is C20H36O3Si2. The fourth-order valence-corrected chi connectivity index (χ4v) is 3.88. The van der Waals surface area contributed by atoms with Crippen LogP contribution in [0.4, 0.5) is 0 Å². The number of hydrogen-bond acceptors (Lipinski definition) is 3. The second-order valence-electron chi connectivity index (χ2n) is 9.34. The lowest BCUT2D eigenvalue weighted by Crippen LogP contribution is -2.43. The third-order valence-electron chi connectivity index (χ3n) is 4.66. The zero-order chi connectivity index (χ0) is 19.5. The molecule has 1 aromatic rings. The minimum atomic E-state index is -1.91. The van der Waals surface area contributed by atoms with Crippen LogP contribution in [0.25, 0.3) is 0 Å². The molecule has 0 fully saturated rings. The lowest BCUT2D eigenvalue weighted by Gasteiger charge is -2.36. The Balaban J connectivity index is 2.94. The van der Waals surface area contributed by atoms with Crippen LogP contribution in [0.1, 0.15) is 26.3 Å². The van der Waals surface area contributed by atoms with Crippen molar-refractivity contribution in [1.29, 1.82) is 0 Å². The van der Waals surface area contributed by atoms with Crippen LogP contribution in [0.5, 0.6) is 11.5 Å². The molecule has 0 aliphatic heterocycles. The van der Waals surface area contributed by atoms with E-state index in [0.29, 0.717) is 6.42 Å². The van der Waals surface area contributed by atoms with Gasteiger partial charge in [-0.1, -0.05) is 58.3 Å². The van der Waals surface area contributed by atoms with Crippen molar-refractivity contribution in [3.05, 3.63) is 35.5 Å². The molecule has 0 bridgehead atoms. The number of ether oxygens (including phenoxy) is 1. The number of methoxy groups -OCH3 is 1. The van der Waals surface area contributed by atoms with E-state index in [1.54, 1.807) is 7.11 Å². The summed E-state index contributed by atoms with van der Waals surface area (Å²) in [5, 5.41) is 10.4. The number of hydrogen-bond donors (Lipinski definition) is 1. The molecule has 0 radical (unpaired) electrons. The molecule has 25 heavy (non-hydrogen) atoms. The van der Waals surface area contributed by atoms with Crippen molar-refractivity contribution in [2.24, 2.45) is 0 Å². The molecule has 1 N–H and O–H groups in total. The fourth-order valence-electron chi connectivity index (χ4n) is 2.06. The van der Waals surface area contributed by atoms with Gasteiger partial charge >= 0.3 is 0 Å². The van der Waals surface area contributed by atoms with Gasteiger partial charge in [0, 0.05) is 6.42 Å². The molecule has 0 aliphatic carbocycles. The molecule has 0 spiro atoms. The molecule has 1 aromatic carbocycles. The number of benzene rings is 1. The average Bonchev–Trinajstić information content (AvgIpc) is 2.44. The average molecular weight is 381 g/mol. The lowest BCUT2D eigenvalue weighted by molar-refractivity contribution is 0.224. The van der Waals surface area contributed by atoms with Gasteiger partial charge < -0.3 is 14.3 Å². The van der Waals surface area contributed by atoms with Gasteiger partial charge in [0.15, 0.2) is 5.75 Å². The van der Waals surface area contributed by atoms with Gasteiger partial charge in [-0.15, -0.1) is 0 Å². The normalized spacial score (nSPS) is 14.6. The lowest BCUT2D eigenvalue weighted by atomic mass is 10.1. The standard InChI is InChI=1S/C20H36O3Si2/c1-20(2,3)25(8,9)23-18-11-10-16(15-19(18)22-4)14-17(21)12-13-24(5,6)7/h10-13,15,17,21H,14H2,1-9H3/b13-12+/t17-/m1/s1. The van der Waals surface area contributed by atoms with Gasteiger partial charge in [0.25, 0.3) is 8.32 Å². The molecule has 0 unspecified atom stereocenters. The van der Waals surface area contributed by atoms with Gasteiger partial charge in [-0.3, -0.25) is 0 Å². The summed E-state index contributed by atoms with van der Waals surface area (Å²) in [6.45, 7) is 17.9. The first kappa shape index (κ1) is 22.0. The van der Waals surface area contributed by atoms with Gasteiger partial charge in [0.05, 0.1) is 21.3 Å². The molecule has 1 atom stereocenters. The summed E-state index contributed by atoms with van der Waals surface area (Å²) >= 11 is 0. The van der Waals surface area contributed by atoms with Crippen molar-refractivity contribution < 1.29 is 14.3 Å². The van der Waals surface area contributed by atoms with Crippen molar-refractivity contribution in [3.8, 4) is 11.5 Å². The van der Waals surface area contributed by atoms with E-state index in [0.717, 1.165) is 17.1 Å². The molecule has 142 valence electrons. The molecule has 0 heterocycles. The summed E-state index contributed by atoms with van der Waals surface area (Å²) in [5.41, 5.74) is 3.23. The summed E-state index contributed by atoms with van der Waals surface area (Å²) in [7, 11) is -1.54.